The summed E-state index contributed by atoms with van der Waals surface area (Å²) in [6.07, 6.45) is 19.4. The van der Waals surface area contributed by atoms with Crippen molar-refractivity contribution in [2.24, 2.45) is 0 Å². The third kappa shape index (κ3) is 21.3. The second-order valence-corrected chi connectivity index (χ2v) is 13.5. The number of phenols is 2. The molecule has 0 spiro atoms. The van der Waals surface area contributed by atoms with E-state index in [1.165, 1.54) is 40.0 Å². The van der Waals surface area contributed by atoms with Gasteiger partial charge in [0.25, 0.3) is 0 Å². The van der Waals surface area contributed by atoms with Gasteiger partial charge in [-0.3, -0.25) is 10.2 Å². The fourth-order valence-electron chi connectivity index (χ4n) is 4.88. The Labute approximate surface area is 312 Å². The number of nitrogens with one attached hydrogen (secondary N) is 1. The summed E-state index contributed by atoms with van der Waals surface area (Å²) in [6, 6.07) is 13.0. The predicted octanol–water partition coefficient (Wildman–Crippen LogP) is 12.7. The van der Waals surface area contributed by atoms with Gasteiger partial charge >= 0.3 is 12.2 Å². The number of hydrogen-bond acceptors (Lipinski definition) is 5. The van der Waals surface area contributed by atoms with Gasteiger partial charge in [-0.25, -0.2) is 9.59 Å². The van der Waals surface area contributed by atoms with Crippen LogP contribution in [0.2, 0.25) is 0 Å². The van der Waals surface area contributed by atoms with E-state index in [-0.39, 0.29) is 24.7 Å². The van der Waals surface area contributed by atoms with Crippen molar-refractivity contribution in [2.75, 3.05) is 23.4 Å². The molecule has 2 aromatic rings. The van der Waals surface area contributed by atoms with Gasteiger partial charge in [0.2, 0.25) is 0 Å². The van der Waals surface area contributed by atoms with Gasteiger partial charge in [-0.15, -0.1) is 0 Å². The molecule has 0 aliphatic rings. The summed E-state index contributed by atoms with van der Waals surface area (Å²) in [7, 11) is 0. The van der Waals surface area contributed by atoms with E-state index in [0.717, 1.165) is 61.8 Å². The number of ether oxygens (including phenoxy) is 1. The van der Waals surface area contributed by atoms with Gasteiger partial charge in [0.05, 0.1) is 11.4 Å². The molecule has 0 atom stereocenters. The Kier molecular flexibility index (Phi) is 22.4. The second kappa shape index (κ2) is 25.9. The zero-order valence-corrected chi connectivity index (χ0v) is 32.7. The average molecular weight is 715 g/mol. The number of allylic oxidation sites excluding steroid dienone is 10. The zero-order chi connectivity index (χ0) is 38.9. The molecule has 0 heterocycles. The Bertz CT molecular complexity index is 1590. The van der Waals surface area contributed by atoms with Crippen LogP contribution in [-0.2, 0) is 4.74 Å². The highest BCUT2D eigenvalue weighted by Crippen LogP contribution is 2.27. The summed E-state index contributed by atoms with van der Waals surface area (Å²) < 4.78 is 5.12. The molecule has 8 heteroatoms. The van der Waals surface area contributed by atoms with Crippen molar-refractivity contribution in [3.05, 3.63) is 118 Å². The maximum atomic E-state index is 11.7. The van der Waals surface area contributed by atoms with Gasteiger partial charge in [0.15, 0.2) is 0 Å². The molecule has 0 fully saturated rings. The van der Waals surface area contributed by atoms with Gasteiger partial charge in [-0.05, 0) is 137 Å². The highest BCUT2D eigenvalue weighted by atomic mass is 16.5. The fraction of sp³-hybridized carbons (Fsp3) is 0.409. The van der Waals surface area contributed by atoms with E-state index in [1.54, 1.807) is 36.4 Å². The molecule has 2 amide bonds. The van der Waals surface area contributed by atoms with E-state index >= 15 is 0 Å². The molecule has 0 aliphatic heterocycles. The number of amides is 2. The lowest BCUT2D eigenvalue weighted by Crippen LogP contribution is -2.29. The average Bonchev–Trinajstić information content (AvgIpc) is 3.06. The molecular weight excluding hydrogens is 652 g/mol. The quantitative estimate of drug-likeness (QED) is 0.0901. The van der Waals surface area contributed by atoms with Crippen molar-refractivity contribution >= 4 is 23.6 Å². The van der Waals surface area contributed by atoms with E-state index in [0.29, 0.717) is 11.4 Å². The van der Waals surface area contributed by atoms with E-state index in [9.17, 15) is 24.9 Å². The number of anilines is 2. The van der Waals surface area contributed by atoms with Crippen LogP contribution in [0.5, 0.6) is 11.5 Å². The van der Waals surface area contributed by atoms with Crippen molar-refractivity contribution in [3.63, 3.8) is 0 Å². The number of carboxylic acid groups (broad SMARTS) is 1. The fourth-order valence-corrected chi connectivity index (χ4v) is 4.88. The largest absolute Gasteiger partial charge is 0.506 e. The predicted molar refractivity (Wildman–Crippen MR) is 217 cm³/mol. The lowest BCUT2D eigenvalue weighted by molar-refractivity contribution is 0.173. The number of benzene rings is 2. The van der Waals surface area contributed by atoms with Crippen LogP contribution in [0, 0.1) is 0 Å². The van der Waals surface area contributed by atoms with Crippen LogP contribution in [0.15, 0.2) is 118 Å². The number of carbonyl (C=O) groups is 2. The maximum absolute atomic E-state index is 11.7. The molecule has 0 radical (unpaired) electrons. The van der Waals surface area contributed by atoms with Crippen LogP contribution < -0.4 is 10.2 Å². The van der Waals surface area contributed by atoms with Crippen LogP contribution in [0.25, 0.3) is 0 Å². The molecule has 2 rings (SSSR count). The molecule has 0 saturated carbocycles. The van der Waals surface area contributed by atoms with E-state index in [2.05, 4.69) is 71.2 Å². The summed E-state index contributed by atoms with van der Waals surface area (Å²) in [5.74, 6) is -0.0150. The molecule has 0 aliphatic carbocycles. The van der Waals surface area contributed by atoms with Crippen LogP contribution in [0.3, 0.4) is 0 Å². The minimum atomic E-state index is -1.08. The SMILES string of the molecule is CC(C)=CCCC(C)=CCCC(C)=CCN(C(=O)O)c1ccccc1O.CC(C)=CCCC(C)=CCCC(C)=CCOC(=O)Nc1ccccc1O. The zero-order valence-electron chi connectivity index (χ0n) is 32.7. The summed E-state index contributed by atoms with van der Waals surface area (Å²) in [5, 5.41) is 31.4. The summed E-state index contributed by atoms with van der Waals surface area (Å²) in [5.41, 5.74) is 8.48. The van der Waals surface area contributed by atoms with E-state index < -0.39 is 12.2 Å². The molecular formula is C44H62N2O6. The summed E-state index contributed by atoms with van der Waals surface area (Å²) in [6.45, 7) is 17.3. The van der Waals surface area contributed by atoms with Gasteiger partial charge < -0.3 is 20.1 Å². The van der Waals surface area contributed by atoms with Crippen LogP contribution in [-0.4, -0.2) is 40.7 Å². The number of carbonyl (C=O) groups excluding carboxylic acids is 1. The van der Waals surface area contributed by atoms with Crippen molar-refractivity contribution in [1.29, 1.82) is 0 Å². The third-order valence-electron chi connectivity index (χ3n) is 8.06. The first-order chi connectivity index (χ1) is 24.7. The smallest absolute Gasteiger partial charge is 0.412 e. The first-order valence-corrected chi connectivity index (χ1v) is 18.1. The lowest BCUT2D eigenvalue weighted by Gasteiger charge is -2.19. The normalized spacial score (nSPS) is 11.9. The molecule has 0 saturated heterocycles. The maximum Gasteiger partial charge on any atom is 0.412 e. The Hall–Kier alpha value is -4.98. The minimum absolute atomic E-state index is 0.0166. The number of phenolic OH excluding ortho intramolecular Hbond substituents is 2. The molecule has 52 heavy (non-hydrogen) atoms. The number of aromatic hydroxyl groups is 2. The molecule has 0 bridgehead atoms. The minimum Gasteiger partial charge on any atom is -0.506 e. The molecule has 2 aromatic carbocycles. The van der Waals surface area contributed by atoms with Gasteiger partial charge in [-0.2, -0.15) is 0 Å². The summed E-state index contributed by atoms with van der Waals surface area (Å²) >= 11 is 0. The molecule has 0 aromatic heterocycles. The van der Waals surface area contributed by atoms with Crippen molar-refractivity contribution in [1.82, 2.24) is 0 Å². The van der Waals surface area contributed by atoms with Gasteiger partial charge in [0, 0.05) is 6.54 Å². The van der Waals surface area contributed by atoms with Crippen molar-refractivity contribution in [3.8, 4) is 11.5 Å². The monoisotopic (exact) mass is 714 g/mol. The highest BCUT2D eigenvalue weighted by molar-refractivity contribution is 5.88. The Morgan fingerprint density at radius 3 is 1.54 bits per heavy atom. The number of nitrogens with zero attached hydrogens (tertiary/aromatic N) is 1. The first-order valence-electron chi connectivity index (χ1n) is 18.1. The second-order valence-electron chi connectivity index (χ2n) is 13.5. The van der Waals surface area contributed by atoms with E-state index in [1.807, 2.05) is 26.0 Å². The summed E-state index contributed by atoms with van der Waals surface area (Å²) in [4.78, 5) is 24.3. The number of para-hydroxylation sites is 4. The van der Waals surface area contributed by atoms with Crippen LogP contribution in [0.1, 0.15) is 107 Å². The van der Waals surface area contributed by atoms with Crippen molar-refractivity contribution in [2.45, 2.75) is 107 Å². The molecule has 284 valence electrons. The number of rotatable bonds is 18. The van der Waals surface area contributed by atoms with Crippen LogP contribution >= 0.6 is 0 Å². The van der Waals surface area contributed by atoms with Crippen LogP contribution in [0.4, 0.5) is 21.0 Å². The Balaban J connectivity index is 0.000000520. The molecule has 4 N–H and O–H groups in total. The topological polar surface area (TPSA) is 119 Å². The lowest BCUT2D eigenvalue weighted by atomic mass is 10.1. The van der Waals surface area contributed by atoms with E-state index in [4.69, 9.17) is 4.74 Å². The molecule has 0 unspecified atom stereocenters. The standard InChI is InChI=1S/2C22H31NO3/c1-17(2)9-7-10-18(3)11-8-12-19(4)15-16-26-22(25)23-20-13-5-6-14-21(20)24;1-17(2)9-7-10-18(3)11-8-12-19(4)15-16-23(22(25)26)20-13-5-6-14-21(20)24/h5-6,9,11,13-15,24H,7-8,10,12,16H2,1-4H3,(H,23,25);5-6,9,11,13-15,24H,7-8,10,12,16H2,1-4H3,(H,25,26). The van der Waals surface area contributed by atoms with Gasteiger partial charge in [-0.1, -0.05) is 88.1 Å². The first kappa shape index (κ1) is 45.0. The third-order valence-corrected chi connectivity index (χ3v) is 8.06. The van der Waals surface area contributed by atoms with Gasteiger partial charge in [0.1, 0.15) is 18.1 Å². The van der Waals surface area contributed by atoms with Crippen molar-refractivity contribution < 1.29 is 29.6 Å². The number of hydrogen-bond donors (Lipinski definition) is 4. The molecule has 8 nitrogen and oxygen atoms in total. The highest BCUT2D eigenvalue weighted by Gasteiger charge is 2.16. The Morgan fingerprint density at radius 2 is 1.06 bits per heavy atom. The Morgan fingerprint density at radius 1 is 0.615 bits per heavy atom.